The Bertz CT molecular complexity index is 1550. The summed E-state index contributed by atoms with van der Waals surface area (Å²) in [5.41, 5.74) is 8.48. The number of esters is 2. The number of carbonyl (C=O) groups excluding carboxylic acids is 4. The van der Waals surface area contributed by atoms with Crippen molar-refractivity contribution in [3.05, 3.63) is 64.7 Å². The van der Waals surface area contributed by atoms with E-state index in [9.17, 15) is 39.0 Å². The Hall–Kier alpha value is -5.20. The minimum absolute atomic E-state index is 0.119. The second kappa shape index (κ2) is 17.6. The highest BCUT2D eigenvalue weighted by atomic mass is 16.5. The number of aryl methyl sites for hydroxylation is 1. The Balaban J connectivity index is 1.46. The van der Waals surface area contributed by atoms with E-state index in [0.29, 0.717) is 12.0 Å². The quantitative estimate of drug-likeness (QED) is 0.0782. The minimum Gasteiger partial charge on any atom is -0.496 e. The Kier molecular flexibility index (Phi) is 13.7. The van der Waals surface area contributed by atoms with Crippen molar-refractivity contribution in [2.45, 2.75) is 44.9 Å². The Labute approximate surface area is 278 Å². The van der Waals surface area contributed by atoms with Crippen LogP contribution in [0.5, 0.6) is 5.75 Å². The molecule has 1 amide bonds. The fourth-order valence-corrected chi connectivity index (χ4v) is 6.01. The van der Waals surface area contributed by atoms with E-state index in [1.54, 1.807) is 13.2 Å². The lowest BCUT2D eigenvalue weighted by atomic mass is 9.54. The fraction of sp³-hybridized carbons (Fsp3) is 0.429. The number of carbonyl (C=O) groups is 6. The van der Waals surface area contributed by atoms with Crippen molar-refractivity contribution >= 4 is 47.3 Å². The lowest BCUT2D eigenvalue weighted by Crippen LogP contribution is -2.61. The molecule has 2 aromatic rings. The van der Waals surface area contributed by atoms with E-state index in [4.69, 9.17) is 15.2 Å². The van der Waals surface area contributed by atoms with Crippen molar-refractivity contribution < 1.29 is 53.2 Å². The summed E-state index contributed by atoms with van der Waals surface area (Å²) in [5, 5.41) is 21.4. The first-order chi connectivity index (χ1) is 22.9. The second-order valence-corrected chi connectivity index (χ2v) is 11.6. The number of rotatable bonds is 18. The zero-order chi connectivity index (χ0) is 35.4. The molecule has 1 aliphatic carbocycles. The number of amides is 1. The van der Waals surface area contributed by atoms with Gasteiger partial charge in [-0.25, -0.2) is 9.59 Å². The zero-order valence-corrected chi connectivity index (χ0v) is 27.2. The van der Waals surface area contributed by atoms with E-state index in [0.717, 1.165) is 49.0 Å². The van der Waals surface area contributed by atoms with Gasteiger partial charge in [0.2, 0.25) is 5.91 Å². The minimum atomic E-state index is -1.56. The first-order valence-electron chi connectivity index (χ1n) is 15.6. The molecule has 1 saturated carbocycles. The van der Waals surface area contributed by atoms with Gasteiger partial charge in [-0.2, -0.15) is 0 Å². The summed E-state index contributed by atoms with van der Waals surface area (Å²) in [5.74, 6) is -10.4. The van der Waals surface area contributed by atoms with Gasteiger partial charge in [0, 0.05) is 31.1 Å². The predicted molar refractivity (Wildman–Crippen MR) is 174 cm³/mol. The molecule has 0 aromatic heterocycles. The molecule has 0 radical (unpaired) electrons. The van der Waals surface area contributed by atoms with Crippen molar-refractivity contribution in [1.29, 1.82) is 0 Å². The summed E-state index contributed by atoms with van der Waals surface area (Å²) >= 11 is 0. The van der Waals surface area contributed by atoms with Crippen molar-refractivity contribution in [2.24, 2.45) is 23.7 Å². The van der Waals surface area contributed by atoms with Crippen LogP contribution in [0.4, 0.5) is 5.69 Å². The number of methoxy groups -OCH3 is 2. The van der Waals surface area contributed by atoms with Crippen LogP contribution in [-0.4, -0.2) is 73.7 Å². The van der Waals surface area contributed by atoms with Crippen molar-refractivity contribution in [2.75, 3.05) is 33.6 Å². The van der Waals surface area contributed by atoms with Crippen LogP contribution in [0.1, 0.15) is 59.2 Å². The molecule has 0 spiro atoms. The van der Waals surface area contributed by atoms with Crippen LogP contribution in [0, 0.1) is 23.7 Å². The lowest BCUT2D eigenvalue weighted by molar-refractivity contribution is -0.180. The first-order valence-corrected chi connectivity index (χ1v) is 15.6. The number of Topliss-reactive ketones (excluding diaryl/α,β-unsaturated/α-hetero) is 1. The number of anilines is 1. The maximum Gasteiger partial charge on any atom is 0.338 e. The van der Waals surface area contributed by atoms with Crippen molar-refractivity contribution in [3.63, 3.8) is 0 Å². The molecule has 0 aliphatic heterocycles. The number of unbranched alkanes of at least 4 members (excludes halogenated alkanes) is 4. The van der Waals surface area contributed by atoms with Gasteiger partial charge in [0.1, 0.15) is 11.5 Å². The third-order valence-electron chi connectivity index (χ3n) is 8.42. The Morgan fingerprint density at radius 3 is 2.17 bits per heavy atom. The van der Waals surface area contributed by atoms with E-state index < -0.39 is 59.2 Å². The third-order valence-corrected chi connectivity index (χ3v) is 8.42. The normalized spacial score (nSPS) is 18.4. The number of ketones is 1. The summed E-state index contributed by atoms with van der Waals surface area (Å²) in [6.45, 7) is 0.184. The van der Waals surface area contributed by atoms with Gasteiger partial charge in [-0.1, -0.05) is 31.4 Å². The number of ether oxygens (including phenoxy) is 3. The Morgan fingerprint density at radius 1 is 0.854 bits per heavy atom. The smallest absolute Gasteiger partial charge is 0.338 e. The summed E-state index contributed by atoms with van der Waals surface area (Å²) < 4.78 is 15.5. The molecule has 48 heavy (non-hydrogen) atoms. The van der Waals surface area contributed by atoms with Crippen LogP contribution in [0.15, 0.2) is 42.5 Å². The average molecular weight is 667 g/mol. The molecule has 1 fully saturated rings. The highest BCUT2D eigenvalue weighted by Crippen LogP contribution is 2.48. The van der Waals surface area contributed by atoms with Crippen molar-refractivity contribution in [1.82, 2.24) is 5.32 Å². The molecular weight excluding hydrogens is 624 g/mol. The highest BCUT2D eigenvalue weighted by molar-refractivity contribution is 6.01. The van der Waals surface area contributed by atoms with Gasteiger partial charge in [0.05, 0.1) is 44.1 Å². The zero-order valence-electron chi connectivity index (χ0n) is 27.2. The topological polar surface area (TPSA) is 209 Å². The standard InChI is InChI=1S/C35H42N2O11/c1-37-32(40)29-28(30(33(41)42)31(29)34(43)44)25(38)17-21-15-23(19-24(36)16-21)35(45)48-14-8-6-4-5-7-9-22-12-10-20(18-26(22)46-2)11-13-27(39)47-3/h10-13,15-16,18-19,28-31H,4-9,14,17,36H2,1-3H3,(H,37,40)(H,41,42)(H,43,44)/b13-11+. The molecular formula is C35H42N2O11. The van der Waals surface area contributed by atoms with Gasteiger partial charge in [-0.15, -0.1) is 0 Å². The van der Waals surface area contributed by atoms with E-state index in [1.165, 1.54) is 38.4 Å². The largest absolute Gasteiger partial charge is 0.496 e. The lowest BCUT2D eigenvalue weighted by Gasteiger charge is -2.45. The molecule has 5 N–H and O–H groups in total. The molecule has 4 unspecified atom stereocenters. The molecule has 258 valence electrons. The monoisotopic (exact) mass is 666 g/mol. The predicted octanol–water partition coefficient (Wildman–Crippen LogP) is 3.32. The summed E-state index contributed by atoms with van der Waals surface area (Å²) in [4.78, 5) is 73.1. The number of hydrogen-bond acceptors (Lipinski definition) is 10. The molecule has 3 rings (SSSR count). The van der Waals surface area contributed by atoms with Gasteiger partial charge in [0.15, 0.2) is 0 Å². The summed E-state index contributed by atoms with van der Waals surface area (Å²) in [6.07, 6.45) is 7.81. The number of carboxylic acids is 2. The number of carboxylic acid groups (broad SMARTS) is 2. The number of nitrogens with two attached hydrogens (primary N) is 1. The molecule has 1 aliphatic rings. The molecule has 4 atom stereocenters. The fourth-order valence-electron chi connectivity index (χ4n) is 6.01. The molecule has 13 nitrogen and oxygen atoms in total. The van der Waals surface area contributed by atoms with Gasteiger partial charge in [-0.3, -0.25) is 19.2 Å². The van der Waals surface area contributed by atoms with Gasteiger partial charge in [-0.05, 0) is 66.3 Å². The van der Waals surface area contributed by atoms with E-state index >= 15 is 0 Å². The van der Waals surface area contributed by atoms with Crippen LogP contribution < -0.4 is 15.8 Å². The van der Waals surface area contributed by atoms with Gasteiger partial charge < -0.3 is 35.5 Å². The Morgan fingerprint density at radius 2 is 1.52 bits per heavy atom. The van der Waals surface area contributed by atoms with E-state index in [-0.39, 0.29) is 24.3 Å². The number of nitrogen functional groups attached to an aromatic ring is 1. The molecule has 0 saturated heterocycles. The SMILES string of the molecule is CNC(=O)C1C(C(=O)O)C(C(=O)O)C1C(=O)Cc1cc(N)cc(C(=O)OCCCCCCCc2ccc(/C=C/C(=O)OC)cc2OC)c1. The first kappa shape index (κ1) is 37.3. The number of nitrogens with one attached hydrogen (secondary N) is 1. The van der Waals surface area contributed by atoms with E-state index in [1.807, 2.05) is 18.2 Å². The molecule has 13 heteroatoms. The van der Waals surface area contributed by atoms with Crippen molar-refractivity contribution in [3.8, 4) is 5.75 Å². The van der Waals surface area contributed by atoms with Crippen LogP contribution >= 0.6 is 0 Å². The van der Waals surface area contributed by atoms with Crippen LogP contribution in [-0.2, 0) is 46.3 Å². The average Bonchev–Trinajstić information content (AvgIpc) is 3.03. The summed E-state index contributed by atoms with van der Waals surface area (Å²) in [6, 6.07) is 10.0. The number of aliphatic carboxylic acids is 2. The summed E-state index contributed by atoms with van der Waals surface area (Å²) in [7, 11) is 4.20. The van der Waals surface area contributed by atoms with Crippen LogP contribution in [0.3, 0.4) is 0 Å². The van der Waals surface area contributed by atoms with Gasteiger partial charge in [0.25, 0.3) is 0 Å². The number of benzene rings is 2. The van der Waals surface area contributed by atoms with Gasteiger partial charge >= 0.3 is 23.9 Å². The molecule has 0 bridgehead atoms. The molecule has 2 aromatic carbocycles. The highest BCUT2D eigenvalue weighted by Gasteiger charge is 2.63. The van der Waals surface area contributed by atoms with Crippen LogP contribution in [0.2, 0.25) is 0 Å². The number of hydrogen-bond donors (Lipinski definition) is 4. The maximum atomic E-state index is 13.2. The van der Waals surface area contributed by atoms with Crippen LogP contribution in [0.25, 0.3) is 6.08 Å². The second-order valence-electron chi connectivity index (χ2n) is 11.6. The van der Waals surface area contributed by atoms with E-state index in [2.05, 4.69) is 10.1 Å². The maximum absolute atomic E-state index is 13.2. The third kappa shape index (κ3) is 9.66. The molecule has 0 heterocycles.